The van der Waals surface area contributed by atoms with Gasteiger partial charge >= 0.3 is 0 Å². The number of aliphatic hydroxyl groups is 1. The summed E-state index contributed by atoms with van der Waals surface area (Å²) in [5.41, 5.74) is 1.91. The van der Waals surface area contributed by atoms with Gasteiger partial charge in [-0.1, -0.05) is 37.2 Å². The molecule has 0 saturated carbocycles. The number of ether oxygens (including phenoxy) is 1. The first-order chi connectivity index (χ1) is 16.2. The number of para-hydroxylation sites is 1. The minimum atomic E-state index is -0.837. The largest absolute Gasteiger partial charge is 0.503 e. The Labute approximate surface area is 197 Å². The third-order valence-electron chi connectivity index (χ3n) is 5.51. The maximum atomic E-state index is 13.3. The molecule has 0 aliphatic carbocycles. The van der Waals surface area contributed by atoms with Crippen LogP contribution < -0.4 is 9.64 Å². The number of anilines is 1. The molecule has 1 aliphatic rings. The highest BCUT2D eigenvalue weighted by atomic mass is 16.5. The second kappa shape index (κ2) is 9.13. The normalized spacial score (nSPS) is 16.1. The zero-order chi connectivity index (χ0) is 24.6. The number of rotatable bonds is 7. The van der Waals surface area contributed by atoms with Crippen LogP contribution in [0.3, 0.4) is 0 Å². The first-order valence-electron chi connectivity index (χ1n) is 11.2. The number of nitrogens with zero attached hydrogens (tertiary/aromatic N) is 3. The Kier molecular flexibility index (Phi) is 6.24. The predicted octanol–water partition coefficient (Wildman–Crippen LogP) is 4.96. The Morgan fingerprint density at radius 1 is 1.09 bits per heavy atom. The van der Waals surface area contributed by atoms with Gasteiger partial charge in [0, 0.05) is 29.7 Å². The topological polar surface area (TPSA) is 106 Å². The molecule has 0 saturated heterocycles. The monoisotopic (exact) mass is 461 g/mol. The molecular weight excluding hydrogens is 434 g/mol. The van der Waals surface area contributed by atoms with E-state index >= 15 is 0 Å². The van der Waals surface area contributed by atoms with Gasteiger partial charge in [0.25, 0.3) is 5.91 Å². The fourth-order valence-electron chi connectivity index (χ4n) is 3.98. The number of amides is 1. The van der Waals surface area contributed by atoms with E-state index in [1.807, 2.05) is 32.0 Å². The number of hydrogen-bond acceptors (Lipinski definition) is 7. The lowest BCUT2D eigenvalue weighted by Crippen LogP contribution is -2.32. The minimum absolute atomic E-state index is 0.0673. The zero-order valence-corrected chi connectivity index (χ0v) is 19.8. The number of ketones is 1. The van der Waals surface area contributed by atoms with E-state index in [-0.39, 0.29) is 17.5 Å². The Morgan fingerprint density at radius 3 is 2.35 bits per heavy atom. The van der Waals surface area contributed by atoms with Crippen molar-refractivity contribution in [3.63, 3.8) is 0 Å². The van der Waals surface area contributed by atoms with Crippen LogP contribution in [0.5, 0.6) is 5.75 Å². The maximum Gasteiger partial charge on any atom is 0.294 e. The van der Waals surface area contributed by atoms with Crippen LogP contribution in [-0.4, -0.2) is 33.0 Å². The summed E-state index contributed by atoms with van der Waals surface area (Å²) in [7, 11) is 0. The summed E-state index contributed by atoms with van der Waals surface area (Å²) < 4.78 is 11.0. The number of Topliss-reactive ketones (excluding diaryl/α,β-unsaturated/α-hetero) is 1. The number of aliphatic hydroxyl groups excluding tert-OH is 1. The number of benzene rings is 2. The summed E-state index contributed by atoms with van der Waals surface area (Å²) in [6.07, 6.45) is -0.119. The van der Waals surface area contributed by atoms with E-state index in [1.54, 1.807) is 51.1 Å². The third-order valence-corrected chi connectivity index (χ3v) is 5.51. The van der Waals surface area contributed by atoms with Crippen molar-refractivity contribution in [1.82, 2.24) is 10.1 Å². The molecule has 3 aromatic rings. The molecule has 1 N–H and O–H groups in total. The standard InChI is InChI=1S/C26H27N3O5/c1-14(2)23(30)21-22(19-8-6-7-9-20(19)33-15(3)4)29(26(32)24(21)31)18-12-10-17(11-13-18)25-27-16(5)34-28-25/h6-15,22,31H,1-5H3. The van der Waals surface area contributed by atoms with Gasteiger partial charge in [-0.25, -0.2) is 0 Å². The molecule has 8 heteroatoms. The molecule has 0 radical (unpaired) electrons. The lowest BCUT2D eigenvalue weighted by atomic mass is 9.90. The smallest absolute Gasteiger partial charge is 0.294 e. The van der Waals surface area contributed by atoms with Crippen molar-refractivity contribution in [2.24, 2.45) is 5.92 Å². The zero-order valence-electron chi connectivity index (χ0n) is 19.8. The lowest BCUT2D eigenvalue weighted by molar-refractivity contribution is -0.119. The second-order valence-corrected chi connectivity index (χ2v) is 8.75. The molecule has 0 spiro atoms. The number of aromatic nitrogens is 2. The highest BCUT2D eigenvalue weighted by Gasteiger charge is 2.45. The fourth-order valence-corrected chi connectivity index (χ4v) is 3.98. The summed E-state index contributed by atoms with van der Waals surface area (Å²) >= 11 is 0. The third kappa shape index (κ3) is 4.19. The minimum Gasteiger partial charge on any atom is -0.503 e. The van der Waals surface area contributed by atoms with E-state index in [0.717, 1.165) is 0 Å². The molecule has 34 heavy (non-hydrogen) atoms. The number of hydrogen-bond donors (Lipinski definition) is 1. The van der Waals surface area contributed by atoms with E-state index in [1.165, 1.54) is 4.90 Å². The second-order valence-electron chi connectivity index (χ2n) is 8.75. The molecule has 1 unspecified atom stereocenters. The Hall–Kier alpha value is -3.94. The predicted molar refractivity (Wildman–Crippen MR) is 126 cm³/mol. The summed E-state index contributed by atoms with van der Waals surface area (Å²) in [5, 5.41) is 14.8. The number of carbonyl (C=O) groups is 2. The van der Waals surface area contributed by atoms with Gasteiger partial charge < -0.3 is 14.4 Å². The Morgan fingerprint density at radius 2 is 1.76 bits per heavy atom. The molecule has 0 fully saturated rings. The number of aryl methyl sites for hydroxylation is 1. The fraction of sp³-hybridized carbons (Fsp3) is 0.308. The molecule has 1 aromatic heterocycles. The molecule has 2 aromatic carbocycles. The van der Waals surface area contributed by atoms with Crippen LogP contribution in [0.2, 0.25) is 0 Å². The quantitative estimate of drug-likeness (QED) is 0.530. The molecule has 2 heterocycles. The van der Waals surface area contributed by atoms with Crippen molar-refractivity contribution in [2.75, 3.05) is 4.90 Å². The van der Waals surface area contributed by atoms with Gasteiger partial charge in [-0.15, -0.1) is 0 Å². The van der Waals surface area contributed by atoms with Gasteiger partial charge in [0.05, 0.1) is 17.7 Å². The van der Waals surface area contributed by atoms with Crippen LogP contribution in [0.25, 0.3) is 11.4 Å². The van der Waals surface area contributed by atoms with Gasteiger partial charge in [0.15, 0.2) is 11.5 Å². The van der Waals surface area contributed by atoms with Gasteiger partial charge in [0.1, 0.15) is 5.75 Å². The van der Waals surface area contributed by atoms with Crippen LogP contribution in [0.4, 0.5) is 5.69 Å². The molecule has 1 amide bonds. The van der Waals surface area contributed by atoms with Crippen molar-refractivity contribution >= 4 is 17.4 Å². The SMILES string of the molecule is Cc1nc(-c2ccc(N3C(=O)C(O)=C(C(=O)C(C)C)C3c3ccccc3OC(C)C)cc2)no1. The van der Waals surface area contributed by atoms with Gasteiger partial charge in [0.2, 0.25) is 11.7 Å². The van der Waals surface area contributed by atoms with E-state index < -0.39 is 23.6 Å². The molecular formula is C26H27N3O5. The summed E-state index contributed by atoms with van der Waals surface area (Å²) in [6, 6.07) is 13.4. The van der Waals surface area contributed by atoms with Gasteiger partial charge in [-0.2, -0.15) is 4.98 Å². The first kappa shape index (κ1) is 23.2. The van der Waals surface area contributed by atoms with Gasteiger partial charge in [-0.05, 0) is 44.2 Å². The summed E-state index contributed by atoms with van der Waals surface area (Å²) in [6.45, 7) is 8.99. The lowest BCUT2D eigenvalue weighted by Gasteiger charge is -2.29. The Bertz CT molecular complexity index is 1260. The van der Waals surface area contributed by atoms with E-state index in [4.69, 9.17) is 9.26 Å². The molecule has 8 nitrogen and oxygen atoms in total. The van der Waals surface area contributed by atoms with Gasteiger partial charge in [-0.3, -0.25) is 14.5 Å². The van der Waals surface area contributed by atoms with Crippen LogP contribution in [0.15, 0.2) is 64.4 Å². The molecule has 4 rings (SSSR count). The molecule has 1 aliphatic heterocycles. The van der Waals surface area contributed by atoms with Crippen molar-refractivity contribution in [2.45, 2.75) is 46.8 Å². The van der Waals surface area contributed by atoms with Crippen molar-refractivity contribution < 1.29 is 24.0 Å². The summed E-state index contributed by atoms with van der Waals surface area (Å²) in [4.78, 5) is 32.1. The molecule has 0 bridgehead atoms. The average molecular weight is 462 g/mol. The van der Waals surface area contributed by atoms with Crippen LogP contribution in [0.1, 0.15) is 45.2 Å². The van der Waals surface area contributed by atoms with E-state index in [0.29, 0.717) is 34.3 Å². The van der Waals surface area contributed by atoms with Crippen LogP contribution in [0, 0.1) is 12.8 Å². The summed E-state index contributed by atoms with van der Waals surface area (Å²) in [5.74, 6) is -0.464. The number of carbonyl (C=O) groups excluding carboxylic acids is 2. The van der Waals surface area contributed by atoms with Crippen molar-refractivity contribution in [3.05, 3.63) is 71.3 Å². The molecule has 176 valence electrons. The van der Waals surface area contributed by atoms with Crippen molar-refractivity contribution in [1.29, 1.82) is 0 Å². The Balaban J connectivity index is 1.83. The molecule has 1 atom stereocenters. The van der Waals surface area contributed by atoms with E-state index in [2.05, 4.69) is 10.1 Å². The van der Waals surface area contributed by atoms with Crippen LogP contribution in [-0.2, 0) is 9.59 Å². The van der Waals surface area contributed by atoms with Crippen LogP contribution >= 0.6 is 0 Å². The van der Waals surface area contributed by atoms with E-state index in [9.17, 15) is 14.7 Å². The van der Waals surface area contributed by atoms with Crippen molar-refractivity contribution in [3.8, 4) is 17.1 Å². The first-order valence-corrected chi connectivity index (χ1v) is 11.2. The average Bonchev–Trinajstić information content (AvgIpc) is 3.34. The highest BCUT2D eigenvalue weighted by molar-refractivity contribution is 6.17. The highest BCUT2D eigenvalue weighted by Crippen LogP contribution is 2.45. The maximum absolute atomic E-state index is 13.3.